The lowest BCUT2D eigenvalue weighted by Gasteiger charge is -2.07. The van der Waals surface area contributed by atoms with Gasteiger partial charge in [-0.25, -0.2) is 8.78 Å². The summed E-state index contributed by atoms with van der Waals surface area (Å²) in [6.07, 6.45) is 0. The third-order valence-corrected chi connectivity index (χ3v) is 1.80. The number of rotatable bonds is 3. The van der Waals surface area contributed by atoms with Gasteiger partial charge in [-0.1, -0.05) is 13.8 Å². The molecule has 0 aliphatic heterocycles. The molecule has 0 saturated carbocycles. The van der Waals surface area contributed by atoms with Gasteiger partial charge in [0.05, 0.1) is 0 Å². The number of benzene rings is 1. The van der Waals surface area contributed by atoms with Crippen LogP contribution in [-0.4, -0.2) is 12.5 Å². The minimum Gasteiger partial charge on any atom is -0.352 e. The molecule has 0 saturated heterocycles. The molecule has 0 atom stereocenters. The minimum atomic E-state index is -0.746. The van der Waals surface area contributed by atoms with Gasteiger partial charge in [0.15, 0.2) is 0 Å². The lowest BCUT2D eigenvalue weighted by molar-refractivity contribution is 0.0948. The van der Waals surface area contributed by atoms with Crippen LogP contribution in [-0.2, 0) is 0 Å². The van der Waals surface area contributed by atoms with Crippen LogP contribution in [0.4, 0.5) is 8.78 Å². The molecule has 0 heterocycles. The van der Waals surface area contributed by atoms with Crippen molar-refractivity contribution in [3.8, 4) is 0 Å². The molecule has 2 nitrogen and oxygen atoms in total. The van der Waals surface area contributed by atoms with E-state index in [0.29, 0.717) is 12.5 Å². The minimum absolute atomic E-state index is 0.00755. The molecule has 1 rings (SSSR count). The van der Waals surface area contributed by atoms with E-state index in [2.05, 4.69) is 5.32 Å². The van der Waals surface area contributed by atoms with E-state index in [1.807, 2.05) is 13.8 Å². The van der Waals surface area contributed by atoms with Crippen LogP contribution in [0.2, 0.25) is 0 Å². The number of nitrogens with one attached hydrogen (secondary N) is 1. The summed E-state index contributed by atoms with van der Waals surface area (Å²) in [5.41, 5.74) is 0.00755. The summed E-state index contributed by atoms with van der Waals surface area (Å²) < 4.78 is 25.5. The van der Waals surface area contributed by atoms with Crippen LogP contribution in [0.3, 0.4) is 0 Å². The second kappa shape index (κ2) is 4.87. The van der Waals surface area contributed by atoms with E-state index >= 15 is 0 Å². The van der Waals surface area contributed by atoms with Crippen molar-refractivity contribution >= 4 is 5.91 Å². The maximum atomic E-state index is 12.8. The topological polar surface area (TPSA) is 29.1 Å². The highest BCUT2D eigenvalue weighted by molar-refractivity contribution is 5.94. The molecule has 4 heteroatoms. The molecule has 1 N–H and O–H groups in total. The quantitative estimate of drug-likeness (QED) is 0.820. The Balaban J connectivity index is 2.73. The van der Waals surface area contributed by atoms with Crippen molar-refractivity contribution < 1.29 is 13.6 Å². The zero-order chi connectivity index (χ0) is 11.4. The van der Waals surface area contributed by atoms with Crippen molar-refractivity contribution in [2.45, 2.75) is 13.8 Å². The van der Waals surface area contributed by atoms with Crippen molar-refractivity contribution in [1.29, 1.82) is 0 Å². The summed E-state index contributed by atoms with van der Waals surface area (Å²) >= 11 is 0. The predicted molar refractivity (Wildman–Crippen MR) is 53.5 cm³/mol. The molecule has 15 heavy (non-hydrogen) atoms. The molecule has 0 aliphatic carbocycles. The molecule has 0 fully saturated rings. The third-order valence-electron chi connectivity index (χ3n) is 1.80. The molecular formula is C11H13F2NO. The SMILES string of the molecule is CC(C)CNC(=O)c1cc(F)cc(F)c1. The van der Waals surface area contributed by atoms with Gasteiger partial charge in [0.1, 0.15) is 11.6 Å². The zero-order valence-corrected chi connectivity index (χ0v) is 8.68. The van der Waals surface area contributed by atoms with Gasteiger partial charge in [-0.3, -0.25) is 4.79 Å². The smallest absolute Gasteiger partial charge is 0.251 e. The number of carbonyl (C=O) groups excluding carboxylic acids is 1. The van der Waals surface area contributed by atoms with E-state index in [4.69, 9.17) is 0 Å². The van der Waals surface area contributed by atoms with Gasteiger partial charge < -0.3 is 5.32 Å². The van der Waals surface area contributed by atoms with Crippen LogP contribution >= 0.6 is 0 Å². The van der Waals surface area contributed by atoms with Gasteiger partial charge in [-0.05, 0) is 18.1 Å². The van der Waals surface area contributed by atoms with Crippen molar-refractivity contribution in [2.24, 2.45) is 5.92 Å². The van der Waals surface area contributed by atoms with E-state index in [1.165, 1.54) is 0 Å². The number of hydrogen-bond donors (Lipinski definition) is 1. The predicted octanol–water partition coefficient (Wildman–Crippen LogP) is 2.35. The normalized spacial score (nSPS) is 10.5. The highest BCUT2D eigenvalue weighted by Gasteiger charge is 2.08. The third kappa shape index (κ3) is 3.65. The fourth-order valence-electron chi connectivity index (χ4n) is 1.08. The Kier molecular flexibility index (Phi) is 3.77. The van der Waals surface area contributed by atoms with E-state index in [0.717, 1.165) is 18.2 Å². The zero-order valence-electron chi connectivity index (χ0n) is 8.68. The molecular weight excluding hydrogens is 200 g/mol. The van der Waals surface area contributed by atoms with Gasteiger partial charge in [-0.15, -0.1) is 0 Å². The standard InChI is InChI=1S/C11H13F2NO/c1-7(2)6-14-11(15)8-3-9(12)5-10(13)4-8/h3-5,7H,6H2,1-2H3,(H,14,15). The average Bonchev–Trinajstić information content (AvgIpc) is 2.12. The largest absolute Gasteiger partial charge is 0.352 e. The first-order valence-electron chi connectivity index (χ1n) is 4.73. The Labute approximate surface area is 87.3 Å². The van der Waals surface area contributed by atoms with Crippen LogP contribution in [0.5, 0.6) is 0 Å². The molecule has 0 bridgehead atoms. The Bertz CT molecular complexity index is 343. The van der Waals surface area contributed by atoms with Crippen LogP contribution < -0.4 is 5.32 Å². The Morgan fingerprint density at radius 2 is 1.80 bits per heavy atom. The van der Waals surface area contributed by atoms with Gasteiger partial charge in [0, 0.05) is 18.2 Å². The van der Waals surface area contributed by atoms with Crippen molar-refractivity contribution in [3.05, 3.63) is 35.4 Å². The molecule has 0 spiro atoms. The summed E-state index contributed by atoms with van der Waals surface area (Å²) in [6.45, 7) is 4.36. The lowest BCUT2D eigenvalue weighted by Crippen LogP contribution is -2.27. The number of carbonyl (C=O) groups is 1. The number of amides is 1. The lowest BCUT2D eigenvalue weighted by atomic mass is 10.2. The van der Waals surface area contributed by atoms with E-state index < -0.39 is 17.5 Å². The molecule has 1 aromatic carbocycles. The number of halogens is 2. The molecule has 0 aliphatic rings. The molecule has 0 aromatic heterocycles. The van der Waals surface area contributed by atoms with Crippen LogP contribution in [0, 0.1) is 17.6 Å². The van der Waals surface area contributed by atoms with Crippen LogP contribution in [0.25, 0.3) is 0 Å². The van der Waals surface area contributed by atoms with E-state index in [9.17, 15) is 13.6 Å². The summed E-state index contributed by atoms with van der Waals surface area (Å²) in [5.74, 6) is -1.65. The fraction of sp³-hybridized carbons (Fsp3) is 0.364. The first-order chi connectivity index (χ1) is 6.99. The maximum absolute atomic E-state index is 12.8. The summed E-state index contributed by atoms with van der Waals surface area (Å²) in [4.78, 5) is 11.4. The molecule has 0 radical (unpaired) electrons. The van der Waals surface area contributed by atoms with Crippen molar-refractivity contribution in [3.63, 3.8) is 0 Å². The van der Waals surface area contributed by atoms with E-state index in [1.54, 1.807) is 0 Å². The van der Waals surface area contributed by atoms with Crippen molar-refractivity contribution in [1.82, 2.24) is 5.32 Å². The van der Waals surface area contributed by atoms with Crippen LogP contribution in [0.1, 0.15) is 24.2 Å². The van der Waals surface area contributed by atoms with Crippen molar-refractivity contribution in [2.75, 3.05) is 6.54 Å². The second-order valence-electron chi connectivity index (χ2n) is 3.76. The highest BCUT2D eigenvalue weighted by atomic mass is 19.1. The van der Waals surface area contributed by atoms with E-state index in [-0.39, 0.29) is 5.56 Å². The highest BCUT2D eigenvalue weighted by Crippen LogP contribution is 2.07. The Morgan fingerprint density at radius 1 is 1.27 bits per heavy atom. The summed E-state index contributed by atoms with van der Waals surface area (Å²) in [7, 11) is 0. The average molecular weight is 213 g/mol. The van der Waals surface area contributed by atoms with Crippen LogP contribution in [0.15, 0.2) is 18.2 Å². The Morgan fingerprint density at radius 3 is 2.27 bits per heavy atom. The molecule has 0 unspecified atom stereocenters. The van der Waals surface area contributed by atoms with Gasteiger partial charge in [0.25, 0.3) is 5.91 Å². The monoisotopic (exact) mass is 213 g/mol. The maximum Gasteiger partial charge on any atom is 0.251 e. The first-order valence-corrected chi connectivity index (χ1v) is 4.73. The summed E-state index contributed by atoms with van der Waals surface area (Å²) in [5, 5.41) is 2.58. The number of hydrogen-bond acceptors (Lipinski definition) is 1. The molecule has 1 amide bonds. The molecule has 1 aromatic rings. The summed E-state index contributed by atoms with van der Waals surface area (Å²) in [6, 6.07) is 2.76. The van der Waals surface area contributed by atoms with Gasteiger partial charge >= 0.3 is 0 Å². The first kappa shape index (κ1) is 11.6. The van der Waals surface area contributed by atoms with Gasteiger partial charge in [-0.2, -0.15) is 0 Å². The molecule has 82 valence electrons. The Hall–Kier alpha value is -1.45. The fourth-order valence-corrected chi connectivity index (χ4v) is 1.08. The second-order valence-corrected chi connectivity index (χ2v) is 3.76. The van der Waals surface area contributed by atoms with Gasteiger partial charge in [0.2, 0.25) is 0 Å².